The number of aliphatic hydroxyl groups excluding tert-OH is 1. The number of carboxylic acids is 1. The normalized spacial score (nSPS) is 11.1. The van der Waals surface area contributed by atoms with E-state index in [2.05, 4.69) is 15.9 Å². The molecule has 1 aromatic rings. The lowest BCUT2D eigenvalue weighted by Gasteiger charge is -1.98. The smallest absolute Gasteiger partial charge is 0.371 e. The molecule has 0 saturated heterocycles. The number of hydrogen-bond donors (Lipinski definition) is 2. The molecule has 4 nitrogen and oxygen atoms in total. The Morgan fingerprint density at radius 2 is 1.80 bits per heavy atom. The largest absolute Gasteiger partial charge is 0.502 e. The number of benzene rings is 1. The molecule has 1 rings (SSSR count). The van der Waals surface area contributed by atoms with Gasteiger partial charge in [-0.3, -0.25) is 4.79 Å². The van der Waals surface area contributed by atoms with E-state index >= 15 is 0 Å². The predicted octanol–water partition coefficient (Wildman–Crippen LogP) is 2.16. The number of carbonyl (C=O) groups excluding carboxylic acids is 1. The summed E-state index contributed by atoms with van der Waals surface area (Å²) in [5.41, 5.74) is 0.297. The van der Waals surface area contributed by atoms with Crippen LogP contribution in [0.15, 0.2) is 40.6 Å². The zero-order valence-corrected chi connectivity index (χ0v) is 9.06. The maximum absolute atomic E-state index is 11.5. The van der Waals surface area contributed by atoms with E-state index in [9.17, 15) is 9.59 Å². The van der Waals surface area contributed by atoms with E-state index in [1.165, 1.54) is 6.07 Å². The number of allylic oxidation sites excluding steroid dienone is 1. The number of rotatable bonds is 3. The summed E-state index contributed by atoms with van der Waals surface area (Å²) in [6, 6.07) is 6.54. The van der Waals surface area contributed by atoms with E-state index in [0.29, 0.717) is 16.1 Å². The van der Waals surface area contributed by atoms with Gasteiger partial charge < -0.3 is 10.2 Å². The maximum atomic E-state index is 11.5. The number of carbonyl (C=O) groups is 2. The second kappa shape index (κ2) is 4.75. The predicted molar refractivity (Wildman–Crippen MR) is 56.8 cm³/mol. The molecule has 0 aliphatic carbocycles. The topological polar surface area (TPSA) is 74.6 Å². The average molecular weight is 271 g/mol. The molecule has 2 N–H and O–H groups in total. The number of aliphatic carboxylic acids is 1. The van der Waals surface area contributed by atoms with Gasteiger partial charge >= 0.3 is 5.97 Å². The molecular formula is C10H7BrO4. The molecule has 0 saturated carbocycles. The van der Waals surface area contributed by atoms with E-state index in [-0.39, 0.29) is 0 Å². The van der Waals surface area contributed by atoms with Crippen LogP contribution in [0, 0.1) is 0 Å². The standard InChI is InChI=1S/C10H7BrO4/c11-7-4-2-1-3-6(7)8(12)5-9(13)10(14)15/h1-5,13H,(H,14,15). The molecule has 0 spiro atoms. The monoisotopic (exact) mass is 270 g/mol. The summed E-state index contributed by atoms with van der Waals surface area (Å²) in [5, 5.41) is 17.2. The fourth-order valence-corrected chi connectivity index (χ4v) is 1.40. The summed E-state index contributed by atoms with van der Waals surface area (Å²) in [6.45, 7) is 0. The molecule has 0 radical (unpaired) electrons. The Hall–Kier alpha value is -1.62. The van der Waals surface area contributed by atoms with Crippen LogP contribution in [0.3, 0.4) is 0 Å². The lowest BCUT2D eigenvalue weighted by molar-refractivity contribution is -0.135. The van der Waals surface area contributed by atoms with Gasteiger partial charge in [-0.15, -0.1) is 0 Å². The molecule has 0 fully saturated rings. The van der Waals surface area contributed by atoms with E-state index in [1.807, 2.05) is 0 Å². The molecule has 5 heteroatoms. The van der Waals surface area contributed by atoms with Crippen LogP contribution in [0.1, 0.15) is 10.4 Å². The minimum absolute atomic E-state index is 0.297. The van der Waals surface area contributed by atoms with Crippen LogP contribution in [0.2, 0.25) is 0 Å². The van der Waals surface area contributed by atoms with Crippen molar-refractivity contribution in [1.82, 2.24) is 0 Å². The number of ketones is 1. The molecular weight excluding hydrogens is 264 g/mol. The van der Waals surface area contributed by atoms with Crippen molar-refractivity contribution in [1.29, 1.82) is 0 Å². The molecule has 0 unspecified atom stereocenters. The number of halogens is 1. The average Bonchev–Trinajstić information content (AvgIpc) is 2.18. The Bertz CT molecular complexity index is 437. The van der Waals surface area contributed by atoms with Gasteiger partial charge in [0.1, 0.15) is 0 Å². The van der Waals surface area contributed by atoms with E-state index in [0.717, 1.165) is 0 Å². The molecule has 1 aromatic carbocycles. The zero-order valence-electron chi connectivity index (χ0n) is 7.48. The molecule has 0 aromatic heterocycles. The summed E-state index contributed by atoms with van der Waals surface area (Å²) in [4.78, 5) is 21.7. The fourth-order valence-electron chi connectivity index (χ4n) is 0.925. The van der Waals surface area contributed by atoms with Gasteiger partial charge in [0.25, 0.3) is 0 Å². The van der Waals surface area contributed by atoms with Gasteiger partial charge in [0.05, 0.1) is 0 Å². The number of aliphatic hydroxyl groups is 1. The molecule has 78 valence electrons. The summed E-state index contributed by atoms with van der Waals surface area (Å²) in [6.07, 6.45) is 0.669. The van der Waals surface area contributed by atoms with Crippen molar-refractivity contribution < 1.29 is 19.8 Å². The van der Waals surface area contributed by atoms with Crippen LogP contribution < -0.4 is 0 Å². The van der Waals surface area contributed by atoms with Crippen molar-refractivity contribution in [2.24, 2.45) is 0 Å². The van der Waals surface area contributed by atoms with Crippen LogP contribution >= 0.6 is 15.9 Å². The highest BCUT2D eigenvalue weighted by Gasteiger charge is 2.11. The summed E-state index contributed by atoms with van der Waals surface area (Å²) in [5.74, 6) is -3.08. The summed E-state index contributed by atoms with van der Waals surface area (Å²) >= 11 is 3.14. The molecule has 15 heavy (non-hydrogen) atoms. The molecule has 0 bridgehead atoms. The van der Waals surface area contributed by atoms with Gasteiger partial charge in [-0.25, -0.2) is 4.79 Å². The highest BCUT2D eigenvalue weighted by atomic mass is 79.9. The van der Waals surface area contributed by atoms with Crippen LogP contribution in [0.25, 0.3) is 0 Å². The Morgan fingerprint density at radius 3 is 2.33 bits per heavy atom. The number of carboxylic acid groups (broad SMARTS) is 1. The van der Waals surface area contributed by atoms with Crippen LogP contribution in [-0.4, -0.2) is 22.0 Å². The maximum Gasteiger partial charge on any atom is 0.371 e. The fraction of sp³-hybridized carbons (Fsp3) is 0. The minimum atomic E-state index is -1.53. The third-order valence-corrected chi connectivity index (χ3v) is 2.32. The highest BCUT2D eigenvalue weighted by Crippen LogP contribution is 2.17. The second-order valence-corrected chi connectivity index (χ2v) is 3.53. The molecule has 0 aliphatic heterocycles. The lowest BCUT2D eigenvalue weighted by atomic mass is 10.1. The molecule has 0 atom stereocenters. The van der Waals surface area contributed by atoms with Gasteiger partial charge in [-0.1, -0.05) is 28.1 Å². The van der Waals surface area contributed by atoms with E-state index < -0.39 is 17.5 Å². The Morgan fingerprint density at radius 1 is 1.20 bits per heavy atom. The minimum Gasteiger partial charge on any atom is -0.502 e. The van der Waals surface area contributed by atoms with E-state index in [4.69, 9.17) is 10.2 Å². The van der Waals surface area contributed by atoms with Crippen molar-refractivity contribution in [3.8, 4) is 0 Å². The third-order valence-electron chi connectivity index (χ3n) is 1.63. The van der Waals surface area contributed by atoms with Crippen molar-refractivity contribution in [2.45, 2.75) is 0 Å². The van der Waals surface area contributed by atoms with Gasteiger partial charge in [0.2, 0.25) is 5.76 Å². The van der Waals surface area contributed by atoms with Crippen LogP contribution in [-0.2, 0) is 4.79 Å². The molecule has 0 aliphatic rings. The van der Waals surface area contributed by atoms with Crippen molar-refractivity contribution in [3.05, 3.63) is 46.1 Å². The second-order valence-electron chi connectivity index (χ2n) is 2.68. The van der Waals surface area contributed by atoms with Crippen LogP contribution in [0.4, 0.5) is 0 Å². The lowest BCUT2D eigenvalue weighted by Crippen LogP contribution is -2.04. The first-order valence-corrected chi connectivity index (χ1v) is 4.74. The Labute approximate surface area is 94.0 Å². The molecule has 0 amide bonds. The first-order valence-electron chi connectivity index (χ1n) is 3.95. The van der Waals surface area contributed by atoms with Gasteiger partial charge in [0.15, 0.2) is 5.78 Å². The third kappa shape index (κ3) is 2.92. The zero-order chi connectivity index (χ0) is 11.4. The molecule has 0 heterocycles. The van der Waals surface area contributed by atoms with Gasteiger partial charge in [-0.2, -0.15) is 0 Å². The van der Waals surface area contributed by atoms with Crippen molar-refractivity contribution in [3.63, 3.8) is 0 Å². The van der Waals surface area contributed by atoms with Crippen LogP contribution in [0.5, 0.6) is 0 Å². The van der Waals surface area contributed by atoms with Crippen molar-refractivity contribution in [2.75, 3.05) is 0 Å². The summed E-state index contributed by atoms with van der Waals surface area (Å²) < 4.78 is 0.546. The Balaban J connectivity index is 3.02. The number of hydrogen-bond acceptors (Lipinski definition) is 3. The van der Waals surface area contributed by atoms with Crippen molar-refractivity contribution >= 4 is 27.7 Å². The van der Waals surface area contributed by atoms with Gasteiger partial charge in [-0.05, 0) is 12.1 Å². The van der Waals surface area contributed by atoms with E-state index in [1.54, 1.807) is 18.2 Å². The van der Waals surface area contributed by atoms with Gasteiger partial charge in [0, 0.05) is 16.1 Å². The highest BCUT2D eigenvalue weighted by molar-refractivity contribution is 9.10. The first kappa shape index (κ1) is 11.5. The quantitative estimate of drug-likeness (QED) is 0.502. The summed E-state index contributed by atoms with van der Waals surface area (Å²) in [7, 11) is 0. The Kier molecular flexibility index (Phi) is 3.62. The first-order chi connectivity index (χ1) is 7.02. The SMILES string of the molecule is O=C(O)C(O)=CC(=O)c1ccccc1Br.